The van der Waals surface area contributed by atoms with Gasteiger partial charge in [-0.05, 0) is 43.0 Å². The van der Waals surface area contributed by atoms with Gasteiger partial charge < -0.3 is 5.32 Å². The van der Waals surface area contributed by atoms with Crippen molar-refractivity contribution in [3.8, 4) is 0 Å². The molecule has 0 bridgehead atoms. The van der Waals surface area contributed by atoms with Gasteiger partial charge in [0.1, 0.15) is 5.69 Å². The number of aryl methyl sites for hydroxylation is 1. The van der Waals surface area contributed by atoms with E-state index in [1.54, 1.807) is 12.3 Å². The number of aromatic nitrogens is 3. The highest BCUT2D eigenvalue weighted by molar-refractivity contribution is 9.10. The quantitative estimate of drug-likeness (QED) is 0.485. The third kappa shape index (κ3) is 3.68. The average molecular weight is 435 g/mol. The first-order valence-electron chi connectivity index (χ1n) is 8.96. The van der Waals surface area contributed by atoms with Crippen LogP contribution in [-0.2, 0) is 6.54 Å². The number of carbonyl (C=O) groups is 1. The zero-order valence-electron chi connectivity index (χ0n) is 15.6. The van der Waals surface area contributed by atoms with E-state index in [-0.39, 0.29) is 5.91 Å². The molecule has 4 rings (SSSR count). The van der Waals surface area contributed by atoms with Gasteiger partial charge in [0.2, 0.25) is 0 Å². The van der Waals surface area contributed by atoms with Crippen LogP contribution in [0.25, 0.3) is 10.8 Å². The van der Waals surface area contributed by atoms with Crippen LogP contribution in [0.15, 0.2) is 65.3 Å². The van der Waals surface area contributed by atoms with E-state index >= 15 is 0 Å². The minimum absolute atomic E-state index is 0.240. The Kier molecular flexibility index (Phi) is 4.96. The number of rotatable bonds is 4. The SMILES string of the molecule is Cc1nn(Cc2ccccc2)c(C)c1NC(=O)c1cc2ccc(Br)cc2cn1. The molecule has 2 heterocycles. The normalized spacial score (nSPS) is 11.0. The lowest BCUT2D eigenvalue weighted by atomic mass is 10.1. The maximum atomic E-state index is 12.8. The van der Waals surface area contributed by atoms with E-state index in [1.165, 1.54) is 0 Å². The second kappa shape index (κ2) is 7.56. The van der Waals surface area contributed by atoms with Crippen molar-refractivity contribution in [1.29, 1.82) is 0 Å². The van der Waals surface area contributed by atoms with Crippen molar-refractivity contribution in [1.82, 2.24) is 14.8 Å². The fourth-order valence-electron chi connectivity index (χ4n) is 3.20. The van der Waals surface area contributed by atoms with Gasteiger partial charge in [-0.3, -0.25) is 14.5 Å². The van der Waals surface area contributed by atoms with Gasteiger partial charge in [0.25, 0.3) is 5.91 Å². The largest absolute Gasteiger partial charge is 0.317 e. The fraction of sp³-hybridized carbons (Fsp3) is 0.136. The first-order valence-corrected chi connectivity index (χ1v) is 9.75. The fourth-order valence-corrected chi connectivity index (χ4v) is 3.58. The zero-order chi connectivity index (χ0) is 19.7. The van der Waals surface area contributed by atoms with Crippen molar-refractivity contribution in [2.75, 3.05) is 5.32 Å². The number of hydrogen-bond acceptors (Lipinski definition) is 3. The van der Waals surface area contributed by atoms with Crippen LogP contribution in [0.4, 0.5) is 5.69 Å². The van der Waals surface area contributed by atoms with Crippen molar-refractivity contribution in [2.45, 2.75) is 20.4 Å². The van der Waals surface area contributed by atoms with Crippen LogP contribution < -0.4 is 5.32 Å². The topological polar surface area (TPSA) is 59.8 Å². The summed E-state index contributed by atoms with van der Waals surface area (Å²) in [6.45, 7) is 4.52. The van der Waals surface area contributed by atoms with Crippen LogP contribution in [0.5, 0.6) is 0 Å². The molecule has 140 valence electrons. The summed E-state index contributed by atoms with van der Waals surface area (Å²) in [6, 6.07) is 17.8. The van der Waals surface area contributed by atoms with Crippen LogP contribution in [0.3, 0.4) is 0 Å². The lowest BCUT2D eigenvalue weighted by Crippen LogP contribution is -2.15. The first-order chi connectivity index (χ1) is 13.5. The van der Waals surface area contributed by atoms with Gasteiger partial charge in [-0.25, -0.2) is 0 Å². The standard InChI is InChI=1S/C22H19BrN4O/c1-14-21(15(2)27(26-14)13-16-6-4-3-5-7-16)25-22(28)20-11-17-8-9-19(23)10-18(17)12-24-20/h3-12H,13H2,1-2H3,(H,25,28). The Hall–Kier alpha value is -2.99. The molecule has 0 aliphatic rings. The molecule has 1 amide bonds. The Balaban J connectivity index is 1.58. The second-order valence-corrected chi connectivity index (χ2v) is 7.62. The van der Waals surface area contributed by atoms with Crippen LogP contribution in [0.2, 0.25) is 0 Å². The predicted molar refractivity (Wildman–Crippen MR) is 115 cm³/mol. The molecular formula is C22H19BrN4O. The molecule has 28 heavy (non-hydrogen) atoms. The number of fused-ring (bicyclic) bond motifs is 1. The highest BCUT2D eigenvalue weighted by Crippen LogP contribution is 2.23. The number of amides is 1. The summed E-state index contributed by atoms with van der Waals surface area (Å²) in [4.78, 5) is 17.1. The van der Waals surface area contributed by atoms with Gasteiger partial charge in [-0.15, -0.1) is 0 Å². The number of halogens is 1. The van der Waals surface area contributed by atoms with Gasteiger partial charge in [0, 0.05) is 16.1 Å². The Morgan fingerprint density at radius 2 is 1.86 bits per heavy atom. The molecule has 6 heteroatoms. The number of anilines is 1. The Morgan fingerprint density at radius 3 is 2.64 bits per heavy atom. The summed E-state index contributed by atoms with van der Waals surface area (Å²) in [5.74, 6) is -0.240. The van der Waals surface area contributed by atoms with Crippen LogP contribution in [0.1, 0.15) is 27.4 Å². The summed E-state index contributed by atoms with van der Waals surface area (Å²) in [5, 5.41) is 9.52. The second-order valence-electron chi connectivity index (χ2n) is 6.70. The number of nitrogens with zero attached hydrogens (tertiary/aromatic N) is 3. The maximum Gasteiger partial charge on any atom is 0.274 e. The summed E-state index contributed by atoms with van der Waals surface area (Å²) in [6.07, 6.45) is 1.72. The smallest absolute Gasteiger partial charge is 0.274 e. The molecule has 2 aromatic heterocycles. The van der Waals surface area contributed by atoms with Crippen LogP contribution in [-0.4, -0.2) is 20.7 Å². The molecule has 0 aliphatic heterocycles. The molecule has 0 radical (unpaired) electrons. The van der Waals surface area contributed by atoms with Crippen molar-refractivity contribution < 1.29 is 4.79 Å². The van der Waals surface area contributed by atoms with E-state index in [0.717, 1.165) is 37.9 Å². The summed E-state index contributed by atoms with van der Waals surface area (Å²) in [5.41, 5.74) is 3.97. The molecule has 0 atom stereocenters. The van der Waals surface area contributed by atoms with E-state index in [2.05, 4.69) is 43.5 Å². The highest BCUT2D eigenvalue weighted by Gasteiger charge is 2.16. The number of pyridine rings is 1. The average Bonchev–Trinajstić information content (AvgIpc) is 2.95. The maximum absolute atomic E-state index is 12.8. The van der Waals surface area contributed by atoms with Crippen LogP contribution >= 0.6 is 15.9 Å². The number of carbonyl (C=O) groups excluding carboxylic acids is 1. The zero-order valence-corrected chi connectivity index (χ0v) is 17.2. The lowest BCUT2D eigenvalue weighted by Gasteiger charge is -2.08. The molecule has 0 spiro atoms. The number of benzene rings is 2. The molecule has 2 aromatic carbocycles. The van der Waals surface area contributed by atoms with Crippen molar-refractivity contribution in [3.05, 3.63) is 87.9 Å². The monoisotopic (exact) mass is 434 g/mol. The van der Waals surface area contributed by atoms with Gasteiger partial charge in [-0.1, -0.05) is 52.3 Å². The molecule has 0 fully saturated rings. The van der Waals surface area contributed by atoms with Crippen LogP contribution in [0, 0.1) is 13.8 Å². The van der Waals surface area contributed by atoms with E-state index < -0.39 is 0 Å². The molecule has 0 saturated heterocycles. The molecule has 0 saturated carbocycles. The Labute approximate surface area is 171 Å². The Morgan fingerprint density at radius 1 is 1.07 bits per heavy atom. The van der Waals surface area contributed by atoms with Crippen molar-refractivity contribution >= 4 is 38.3 Å². The van der Waals surface area contributed by atoms with Gasteiger partial charge in [0.15, 0.2) is 0 Å². The van der Waals surface area contributed by atoms with E-state index in [9.17, 15) is 4.79 Å². The Bertz CT molecular complexity index is 1170. The van der Waals surface area contributed by atoms with Gasteiger partial charge >= 0.3 is 0 Å². The van der Waals surface area contributed by atoms with E-state index in [1.807, 2.05) is 54.9 Å². The molecule has 5 nitrogen and oxygen atoms in total. The first kappa shape index (κ1) is 18.4. The van der Waals surface area contributed by atoms with E-state index in [4.69, 9.17) is 0 Å². The minimum atomic E-state index is -0.240. The summed E-state index contributed by atoms with van der Waals surface area (Å²) < 4.78 is 2.89. The highest BCUT2D eigenvalue weighted by atomic mass is 79.9. The van der Waals surface area contributed by atoms with E-state index in [0.29, 0.717) is 12.2 Å². The number of nitrogens with one attached hydrogen (secondary N) is 1. The summed E-state index contributed by atoms with van der Waals surface area (Å²) >= 11 is 3.45. The predicted octanol–water partition coefficient (Wildman–Crippen LogP) is 5.11. The third-order valence-electron chi connectivity index (χ3n) is 4.71. The molecule has 1 N–H and O–H groups in total. The minimum Gasteiger partial charge on any atom is -0.317 e. The lowest BCUT2D eigenvalue weighted by molar-refractivity contribution is 0.102. The van der Waals surface area contributed by atoms with Gasteiger partial charge in [0.05, 0.1) is 23.6 Å². The molecule has 4 aromatic rings. The molecule has 0 unspecified atom stereocenters. The van der Waals surface area contributed by atoms with Crippen molar-refractivity contribution in [3.63, 3.8) is 0 Å². The number of hydrogen-bond donors (Lipinski definition) is 1. The third-order valence-corrected chi connectivity index (χ3v) is 5.20. The van der Waals surface area contributed by atoms with Crippen molar-refractivity contribution in [2.24, 2.45) is 0 Å². The summed E-state index contributed by atoms with van der Waals surface area (Å²) in [7, 11) is 0. The molecular weight excluding hydrogens is 416 g/mol. The molecule has 0 aliphatic carbocycles. The van der Waals surface area contributed by atoms with Gasteiger partial charge in [-0.2, -0.15) is 5.10 Å².